The van der Waals surface area contributed by atoms with Crippen LogP contribution < -0.4 is 14.8 Å². The number of rotatable bonds is 5. The number of aromatic nitrogens is 1. The highest BCUT2D eigenvalue weighted by molar-refractivity contribution is 5.94. The Morgan fingerprint density at radius 1 is 1.12 bits per heavy atom. The first-order valence-electron chi connectivity index (χ1n) is 7.91. The number of hydrogen-bond acceptors (Lipinski definition) is 5. The second-order valence-electron chi connectivity index (χ2n) is 5.66. The van der Waals surface area contributed by atoms with E-state index in [1.165, 1.54) is 0 Å². The Balaban J connectivity index is 1.96. The summed E-state index contributed by atoms with van der Waals surface area (Å²) in [5.74, 6) is 1.52. The van der Waals surface area contributed by atoms with Gasteiger partial charge in [0, 0.05) is 34.9 Å². The van der Waals surface area contributed by atoms with E-state index >= 15 is 0 Å². The third kappa shape index (κ3) is 3.33. The van der Waals surface area contributed by atoms with Gasteiger partial charge in [-0.15, -0.1) is 0 Å². The largest absolute Gasteiger partial charge is 0.497 e. The van der Waals surface area contributed by atoms with Gasteiger partial charge in [-0.2, -0.15) is 5.26 Å². The number of nitrogens with zero attached hydrogens (tertiary/aromatic N) is 2. The lowest BCUT2D eigenvalue weighted by molar-refractivity contribution is 0.391. The lowest BCUT2D eigenvalue weighted by atomic mass is 10.1. The minimum absolute atomic E-state index is 0.575. The maximum absolute atomic E-state index is 9.30. The highest BCUT2D eigenvalue weighted by Gasteiger charge is 2.10. The number of nitriles is 1. The highest BCUT2D eigenvalue weighted by atomic mass is 16.5. The summed E-state index contributed by atoms with van der Waals surface area (Å²) in [6, 6.07) is 15.6. The van der Waals surface area contributed by atoms with Gasteiger partial charge in [0.25, 0.3) is 0 Å². The van der Waals surface area contributed by atoms with E-state index in [9.17, 15) is 5.26 Å². The van der Waals surface area contributed by atoms with Crippen molar-refractivity contribution < 1.29 is 9.47 Å². The van der Waals surface area contributed by atoms with Crippen molar-refractivity contribution in [3.8, 4) is 17.6 Å². The Bertz CT molecular complexity index is 961. The van der Waals surface area contributed by atoms with Crippen molar-refractivity contribution in [3.05, 3.63) is 59.3 Å². The second kappa shape index (κ2) is 7.10. The minimum Gasteiger partial charge on any atom is -0.497 e. The molecule has 0 spiro atoms. The number of aryl methyl sites for hydroxylation is 1. The van der Waals surface area contributed by atoms with E-state index in [0.717, 1.165) is 33.8 Å². The molecule has 25 heavy (non-hydrogen) atoms. The van der Waals surface area contributed by atoms with Crippen molar-refractivity contribution >= 4 is 16.6 Å². The third-order valence-electron chi connectivity index (χ3n) is 4.05. The van der Waals surface area contributed by atoms with Gasteiger partial charge in [-0.1, -0.05) is 12.1 Å². The molecule has 1 aromatic heterocycles. The maximum Gasteiger partial charge on any atom is 0.127 e. The summed E-state index contributed by atoms with van der Waals surface area (Å²) in [5.41, 5.74) is 4.11. The molecule has 0 atom stereocenters. The average molecular weight is 333 g/mol. The van der Waals surface area contributed by atoms with E-state index in [2.05, 4.69) is 16.4 Å². The molecule has 5 nitrogen and oxygen atoms in total. The summed E-state index contributed by atoms with van der Waals surface area (Å²) in [5, 5.41) is 13.7. The Morgan fingerprint density at radius 2 is 1.96 bits per heavy atom. The van der Waals surface area contributed by atoms with E-state index in [0.29, 0.717) is 17.6 Å². The van der Waals surface area contributed by atoms with Gasteiger partial charge in [0.1, 0.15) is 17.6 Å². The predicted molar refractivity (Wildman–Crippen MR) is 98.1 cm³/mol. The van der Waals surface area contributed by atoms with Crippen LogP contribution in [0.1, 0.15) is 16.8 Å². The van der Waals surface area contributed by atoms with E-state index in [-0.39, 0.29) is 0 Å². The van der Waals surface area contributed by atoms with Crippen molar-refractivity contribution in [2.75, 3.05) is 19.5 Å². The average Bonchev–Trinajstić information content (AvgIpc) is 2.65. The van der Waals surface area contributed by atoms with Crippen molar-refractivity contribution in [1.29, 1.82) is 5.26 Å². The van der Waals surface area contributed by atoms with Crippen LogP contribution in [0.5, 0.6) is 11.5 Å². The van der Waals surface area contributed by atoms with E-state index in [1.54, 1.807) is 20.3 Å². The molecule has 0 aliphatic heterocycles. The molecule has 3 aromatic rings. The number of fused-ring (bicyclic) bond motifs is 1. The number of pyridine rings is 1. The zero-order valence-corrected chi connectivity index (χ0v) is 14.5. The molecule has 5 heteroatoms. The Hall–Kier alpha value is -3.26. The van der Waals surface area contributed by atoms with E-state index in [1.807, 2.05) is 43.3 Å². The zero-order valence-electron chi connectivity index (χ0n) is 14.5. The van der Waals surface area contributed by atoms with Crippen LogP contribution in [0.3, 0.4) is 0 Å². The number of hydrogen-bond donors (Lipinski definition) is 1. The molecule has 0 fully saturated rings. The number of ether oxygens (including phenoxy) is 2. The first-order valence-corrected chi connectivity index (χ1v) is 7.91. The predicted octanol–water partition coefficient (Wildman–Crippen LogP) is 4.04. The normalized spacial score (nSPS) is 10.3. The molecular formula is C20H19N3O2. The van der Waals surface area contributed by atoms with Crippen LogP contribution in [0.15, 0.2) is 42.5 Å². The fourth-order valence-electron chi connectivity index (χ4n) is 2.80. The van der Waals surface area contributed by atoms with Gasteiger partial charge in [0.2, 0.25) is 0 Å². The van der Waals surface area contributed by atoms with Crippen molar-refractivity contribution in [2.45, 2.75) is 13.5 Å². The Labute approximate surface area is 146 Å². The summed E-state index contributed by atoms with van der Waals surface area (Å²) in [6.07, 6.45) is 0. The topological polar surface area (TPSA) is 67.2 Å². The molecule has 3 rings (SSSR count). The maximum atomic E-state index is 9.30. The lowest BCUT2D eigenvalue weighted by Crippen LogP contribution is -2.04. The van der Waals surface area contributed by atoms with Crippen LogP contribution in [0, 0.1) is 18.3 Å². The van der Waals surface area contributed by atoms with Crippen LogP contribution >= 0.6 is 0 Å². The summed E-state index contributed by atoms with van der Waals surface area (Å²) in [4.78, 5) is 4.51. The van der Waals surface area contributed by atoms with Crippen LogP contribution in [0.25, 0.3) is 10.9 Å². The first-order chi connectivity index (χ1) is 12.2. The summed E-state index contributed by atoms with van der Waals surface area (Å²) < 4.78 is 10.7. The van der Waals surface area contributed by atoms with Gasteiger partial charge in [-0.05, 0) is 31.2 Å². The number of anilines is 1. The molecule has 2 aromatic carbocycles. The smallest absolute Gasteiger partial charge is 0.127 e. The molecule has 0 saturated carbocycles. The molecule has 0 bridgehead atoms. The second-order valence-corrected chi connectivity index (χ2v) is 5.66. The number of nitrogens with one attached hydrogen (secondary N) is 1. The molecule has 0 radical (unpaired) electrons. The van der Waals surface area contributed by atoms with Gasteiger partial charge in [-0.3, -0.25) is 4.98 Å². The van der Waals surface area contributed by atoms with Gasteiger partial charge >= 0.3 is 0 Å². The van der Waals surface area contributed by atoms with Crippen LogP contribution in [0.2, 0.25) is 0 Å². The molecule has 1 N–H and O–H groups in total. The molecule has 0 aliphatic carbocycles. The molecule has 0 amide bonds. The molecule has 0 aliphatic rings. The molecule has 0 unspecified atom stereocenters. The van der Waals surface area contributed by atoms with Gasteiger partial charge in [-0.25, -0.2) is 0 Å². The number of methoxy groups -OCH3 is 2. The van der Waals surface area contributed by atoms with Gasteiger partial charge in [0.05, 0.1) is 25.3 Å². The van der Waals surface area contributed by atoms with Crippen molar-refractivity contribution in [2.24, 2.45) is 0 Å². The number of para-hydroxylation sites is 1. The summed E-state index contributed by atoms with van der Waals surface area (Å²) >= 11 is 0. The molecule has 1 heterocycles. The fraction of sp³-hybridized carbons (Fsp3) is 0.200. The third-order valence-corrected chi connectivity index (χ3v) is 4.05. The molecule has 126 valence electrons. The zero-order chi connectivity index (χ0) is 17.8. The fourth-order valence-corrected chi connectivity index (χ4v) is 2.80. The SMILES string of the molecule is COc1ccc(CNc2cc(C)nc3c(C#N)cccc23)c(OC)c1. The van der Waals surface area contributed by atoms with Crippen LogP contribution in [0.4, 0.5) is 5.69 Å². The number of benzene rings is 2. The van der Waals surface area contributed by atoms with Gasteiger partial charge < -0.3 is 14.8 Å². The quantitative estimate of drug-likeness (QED) is 0.763. The van der Waals surface area contributed by atoms with Gasteiger partial charge in [0.15, 0.2) is 0 Å². The monoisotopic (exact) mass is 333 g/mol. The minimum atomic E-state index is 0.575. The molecule has 0 saturated heterocycles. The standard InChI is InChI=1S/C20H19N3O2/c1-13-9-18(17-6-4-5-14(11-21)20(17)23-13)22-12-15-7-8-16(24-2)10-19(15)25-3/h4-10H,12H2,1-3H3,(H,22,23). The van der Waals surface area contributed by atoms with Crippen molar-refractivity contribution in [1.82, 2.24) is 4.98 Å². The highest BCUT2D eigenvalue weighted by Crippen LogP contribution is 2.28. The summed E-state index contributed by atoms with van der Waals surface area (Å²) in [6.45, 7) is 2.51. The first kappa shape index (κ1) is 16.6. The van der Waals surface area contributed by atoms with E-state index in [4.69, 9.17) is 9.47 Å². The lowest BCUT2D eigenvalue weighted by Gasteiger charge is -2.14. The van der Waals surface area contributed by atoms with Crippen LogP contribution in [-0.2, 0) is 6.54 Å². The van der Waals surface area contributed by atoms with E-state index < -0.39 is 0 Å². The Kier molecular flexibility index (Phi) is 4.71. The molecular weight excluding hydrogens is 314 g/mol. The van der Waals surface area contributed by atoms with Crippen LogP contribution in [-0.4, -0.2) is 19.2 Å². The summed E-state index contributed by atoms with van der Waals surface area (Å²) in [7, 11) is 3.27. The van der Waals surface area contributed by atoms with Crippen molar-refractivity contribution in [3.63, 3.8) is 0 Å². The Morgan fingerprint density at radius 3 is 2.68 bits per heavy atom.